The lowest BCUT2D eigenvalue weighted by Gasteiger charge is -2.08. The van der Waals surface area contributed by atoms with Crippen molar-refractivity contribution in [2.75, 3.05) is 5.32 Å². The van der Waals surface area contributed by atoms with Gasteiger partial charge in [0.05, 0.1) is 21.1 Å². The third kappa shape index (κ3) is 2.71. The monoisotopic (exact) mass is 333 g/mol. The van der Waals surface area contributed by atoms with E-state index in [1.807, 2.05) is 0 Å². The van der Waals surface area contributed by atoms with E-state index >= 15 is 0 Å². The summed E-state index contributed by atoms with van der Waals surface area (Å²) in [5.41, 5.74) is 0.314. The molecule has 3 rings (SSSR count). The zero-order valence-electron chi connectivity index (χ0n) is 11.1. The zero-order valence-corrected chi connectivity index (χ0v) is 12.6. The zero-order chi connectivity index (χ0) is 15.7. The molecule has 3 aromatic rings. The summed E-state index contributed by atoms with van der Waals surface area (Å²) in [6, 6.07) is 12.7. The lowest BCUT2D eigenvalue weighted by Crippen LogP contribution is -2.15. The Morgan fingerprint density at radius 3 is 2.41 bits per heavy atom. The Morgan fingerprint density at radius 1 is 1.00 bits per heavy atom. The molecular weight excluding hydrogens is 325 g/mol. The molecule has 6 heteroatoms. The molecule has 0 saturated carbocycles. The first-order valence-corrected chi connectivity index (χ1v) is 7.10. The number of carbonyl (C=O) groups is 1. The number of anilines is 1. The van der Waals surface area contributed by atoms with Crippen LogP contribution in [-0.2, 0) is 0 Å². The first kappa shape index (κ1) is 14.6. The largest absolute Gasteiger partial charge is 0.451 e. The average Bonchev–Trinajstić information content (AvgIpc) is 2.51. The summed E-state index contributed by atoms with van der Waals surface area (Å²) in [5, 5.41) is 3.55. The van der Waals surface area contributed by atoms with Crippen molar-refractivity contribution in [2.45, 2.75) is 0 Å². The fraction of sp³-hybridized carbons (Fsp3) is 0. The number of nitrogens with one attached hydrogen (secondary N) is 1. The van der Waals surface area contributed by atoms with E-state index in [1.54, 1.807) is 42.5 Å². The van der Waals surface area contributed by atoms with Gasteiger partial charge in [0.25, 0.3) is 5.91 Å². The highest BCUT2D eigenvalue weighted by atomic mass is 35.5. The van der Waals surface area contributed by atoms with E-state index in [1.165, 1.54) is 0 Å². The Morgan fingerprint density at radius 2 is 1.68 bits per heavy atom. The maximum absolute atomic E-state index is 12.3. The summed E-state index contributed by atoms with van der Waals surface area (Å²) in [6.07, 6.45) is 0. The fourth-order valence-corrected chi connectivity index (χ4v) is 2.50. The number of benzene rings is 2. The number of fused-ring (bicyclic) bond motifs is 1. The molecule has 0 radical (unpaired) electrons. The molecule has 1 aromatic heterocycles. The second-order valence-electron chi connectivity index (χ2n) is 4.52. The van der Waals surface area contributed by atoms with Crippen molar-refractivity contribution in [3.05, 3.63) is 74.6 Å². The van der Waals surface area contributed by atoms with Crippen LogP contribution >= 0.6 is 23.2 Å². The Hall–Kier alpha value is -2.30. The Kier molecular flexibility index (Phi) is 3.88. The first-order chi connectivity index (χ1) is 10.6. The molecule has 2 aromatic carbocycles. The van der Waals surface area contributed by atoms with Crippen molar-refractivity contribution in [2.24, 2.45) is 0 Å². The van der Waals surface area contributed by atoms with E-state index in [-0.39, 0.29) is 16.9 Å². The molecule has 0 spiro atoms. The second-order valence-corrected chi connectivity index (χ2v) is 5.34. The Balaban J connectivity index is 2.01. The summed E-state index contributed by atoms with van der Waals surface area (Å²) in [6.45, 7) is 0. The lowest BCUT2D eigenvalue weighted by molar-refractivity contribution is 0.0997. The fourth-order valence-electron chi connectivity index (χ4n) is 2.01. The van der Waals surface area contributed by atoms with Gasteiger partial charge in [-0.15, -0.1) is 0 Å². The van der Waals surface area contributed by atoms with Gasteiger partial charge in [-0.2, -0.15) is 0 Å². The van der Waals surface area contributed by atoms with Gasteiger partial charge in [-0.05, 0) is 24.3 Å². The summed E-state index contributed by atoms with van der Waals surface area (Å²) < 4.78 is 5.46. The third-order valence-corrected chi connectivity index (χ3v) is 3.69. The predicted octanol–water partition coefficient (Wildman–Crippen LogP) is 4.35. The van der Waals surface area contributed by atoms with Crippen LogP contribution in [0.15, 0.2) is 57.7 Å². The van der Waals surface area contributed by atoms with Gasteiger partial charge in [0, 0.05) is 6.07 Å². The summed E-state index contributed by atoms with van der Waals surface area (Å²) in [7, 11) is 0. The molecule has 1 N–H and O–H groups in total. The topological polar surface area (TPSA) is 59.3 Å². The van der Waals surface area contributed by atoms with Crippen LogP contribution in [0.4, 0.5) is 5.69 Å². The van der Waals surface area contributed by atoms with Crippen LogP contribution in [0.25, 0.3) is 11.0 Å². The average molecular weight is 334 g/mol. The predicted molar refractivity (Wildman–Crippen MR) is 86.9 cm³/mol. The number of rotatable bonds is 2. The molecule has 1 heterocycles. The lowest BCUT2D eigenvalue weighted by atomic mass is 10.2. The van der Waals surface area contributed by atoms with Crippen LogP contribution in [0.5, 0.6) is 0 Å². The molecule has 110 valence electrons. The van der Waals surface area contributed by atoms with Crippen LogP contribution in [0.1, 0.15) is 10.6 Å². The minimum Gasteiger partial charge on any atom is -0.451 e. The Labute approximate surface area is 135 Å². The minimum atomic E-state index is -0.599. The number of hydrogen-bond donors (Lipinski definition) is 1. The molecule has 0 atom stereocenters. The standard InChI is InChI=1S/C16H9Cl2NO3/c17-10-5-3-6-11(18)15(10)19-16(21)14-8-12(20)9-4-1-2-7-13(9)22-14/h1-8H,(H,19,21). The number of para-hydroxylation sites is 2. The van der Waals surface area contributed by atoms with Gasteiger partial charge in [-0.25, -0.2) is 0 Å². The van der Waals surface area contributed by atoms with E-state index in [9.17, 15) is 9.59 Å². The number of halogens is 2. The van der Waals surface area contributed by atoms with E-state index in [2.05, 4.69) is 5.32 Å². The van der Waals surface area contributed by atoms with Crippen molar-refractivity contribution in [1.29, 1.82) is 0 Å². The van der Waals surface area contributed by atoms with Gasteiger partial charge >= 0.3 is 0 Å². The maximum Gasteiger partial charge on any atom is 0.291 e. The molecule has 0 saturated heterocycles. The summed E-state index contributed by atoms with van der Waals surface area (Å²) >= 11 is 12.0. The van der Waals surface area contributed by atoms with Gasteiger partial charge < -0.3 is 9.73 Å². The van der Waals surface area contributed by atoms with Crippen molar-refractivity contribution >= 4 is 45.8 Å². The molecule has 4 nitrogen and oxygen atoms in total. The molecule has 0 aliphatic heterocycles. The Bertz CT molecular complexity index is 914. The van der Waals surface area contributed by atoms with Crippen LogP contribution in [0, 0.1) is 0 Å². The molecule has 0 unspecified atom stereocenters. The van der Waals surface area contributed by atoms with E-state index < -0.39 is 5.91 Å². The van der Waals surface area contributed by atoms with Crippen molar-refractivity contribution in [1.82, 2.24) is 0 Å². The van der Waals surface area contributed by atoms with Gasteiger partial charge in [0.2, 0.25) is 0 Å². The number of amides is 1. The van der Waals surface area contributed by atoms with Crippen molar-refractivity contribution < 1.29 is 9.21 Å². The van der Waals surface area contributed by atoms with Crippen LogP contribution in [-0.4, -0.2) is 5.91 Å². The van der Waals surface area contributed by atoms with E-state index in [0.29, 0.717) is 21.0 Å². The molecule has 0 fully saturated rings. The quantitative estimate of drug-likeness (QED) is 0.758. The van der Waals surface area contributed by atoms with Gasteiger partial charge in [0.15, 0.2) is 11.2 Å². The SMILES string of the molecule is O=C(Nc1c(Cl)cccc1Cl)c1cc(=O)c2ccccc2o1. The number of hydrogen-bond acceptors (Lipinski definition) is 3. The normalized spacial score (nSPS) is 10.6. The molecule has 0 aliphatic carbocycles. The summed E-state index contributed by atoms with van der Waals surface area (Å²) in [4.78, 5) is 24.3. The van der Waals surface area contributed by atoms with Gasteiger partial charge in [0.1, 0.15) is 5.58 Å². The first-order valence-electron chi connectivity index (χ1n) is 6.34. The smallest absolute Gasteiger partial charge is 0.291 e. The van der Waals surface area contributed by atoms with E-state index in [4.69, 9.17) is 27.6 Å². The molecular formula is C16H9Cl2NO3. The number of carbonyl (C=O) groups excluding carboxylic acids is 1. The minimum absolute atomic E-state index is 0.111. The van der Waals surface area contributed by atoms with E-state index in [0.717, 1.165) is 6.07 Å². The highest BCUT2D eigenvalue weighted by Gasteiger charge is 2.15. The van der Waals surface area contributed by atoms with Crippen molar-refractivity contribution in [3.63, 3.8) is 0 Å². The van der Waals surface area contributed by atoms with Crippen molar-refractivity contribution in [3.8, 4) is 0 Å². The van der Waals surface area contributed by atoms with Crippen LogP contribution in [0.3, 0.4) is 0 Å². The van der Waals surface area contributed by atoms with Gasteiger partial charge in [-0.1, -0.05) is 41.4 Å². The second kappa shape index (κ2) is 5.83. The summed E-state index contributed by atoms with van der Waals surface area (Å²) in [5.74, 6) is -0.711. The van der Waals surface area contributed by atoms with Crippen LogP contribution < -0.4 is 10.7 Å². The maximum atomic E-state index is 12.3. The van der Waals surface area contributed by atoms with Gasteiger partial charge in [-0.3, -0.25) is 9.59 Å². The molecule has 0 aliphatic rings. The third-order valence-electron chi connectivity index (χ3n) is 3.06. The van der Waals surface area contributed by atoms with Crippen LogP contribution in [0.2, 0.25) is 10.0 Å². The highest BCUT2D eigenvalue weighted by Crippen LogP contribution is 2.30. The molecule has 22 heavy (non-hydrogen) atoms. The molecule has 0 bridgehead atoms. The highest BCUT2D eigenvalue weighted by molar-refractivity contribution is 6.39. The molecule has 1 amide bonds.